The number of rotatable bonds is 5. The van der Waals surface area contributed by atoms with Gasteiger partial charge in [-0.05, 0) is 55.0 Å². The molecule has 0 spiro atoms. The van der Waals surface area contributed by atoms with Gasteiger partial charge in [0.05, 0.1) is 18.1 Å². The Morgan fingerprint density at radius 1 is 1.06 bits per heavy atom. The monoisotopic (exact) mass is 494 g/mol. The minimum absolute atomic E-state index is 0.161. The van der Waals surface area contributed by atoms with Crippen LogP contribution in [0.3, 0.4) is 0 Å². The molecule has 0 saturated carbocycles. The second-order valence-electron chi connectivity index (χ2n) is 7.82. The van der Waals surface area contributed by atoms with Crippen LogP contribution in [-0.2, 0) is 14.8 Å². The highest BCUT2D eigenvalue weighted by atomic mass is 32.2. The van der Waals surface area contributed by atoms with E-state index in [0.717, 1.165) is 26.5 Å². The van der Waals surface area contributed by atoms with Crippen molar-refractivity contribution in [2.75, 3.05) is 31.6 Å². The van der Waals surface area contributed by atoms with Crippen molar-refractivity contribution in [3.05, 3.63) is 71.9 Å². The van der Waals surface area contributed by atoms with Crippen LogP contribution in [0.4, 0.5) is 5.69 Å². The lowest BCUT2D eigenvalue weighted by atomic mass is 10.1. The Kier molecular flexibility index (Phi) is 6.13. The molecule has 2 aromatic heterocycles. The molecule has 1 aliphatic rings. The minimum Gasteiger partial charge on any atom is -0.379 e. The molecule has 174 valence electrons. The molecule has 5 rings (SSSR count). The van der Waals surface area contributed by atoms with Gasteiger partial charge >= 0.3 is 0 Å². The molecular weight excluding hydrogens is 472 g/mol. The summed E-state index contributed by atoms with van der Waals surface area (Å²) in [6.45, 7) is 3.34. The molecule has 10 heteroatoms. The van der Waals surface area contributed by atoms with E-state index in [1.807, 2.05) is 37.3 Å². The topological polar surface area (TPSA) is 101 Å². The summed E-state index contributed by atoms with van der Waals surface area (Å²) in [4.78, 5) is 23.0. The molecule has 1 N–H and O–H groups in total. The van der Waals surface area contributed by atoms with Gasteiger partial charge in [-0.1, -0.05) is 23.5 Å². The van der Waals surface area contributed by atoms with Gasteiger partial charge in [-0.15, -0.1) is 0 Å². The second kappa shape index (κ2) is 9.22. The molecule has 8 nitrogen and oxygen atoms in total. The van der Waals surface area contributed by atoms with E-state index in [2.05, 4.69) is 15.3 Å². The van der Waals surface area contributed by atoms with E-state index < -0.39 is 10.0 Å². The van der Waals surface area contributed by atoms with Crippen LogP contribution in [0.5, 0.6) is 0 Å². The number of aromatic nitrogens is 2. The van der Waals surface area contributed by atoms with Crippen LogP contribution in [-0.4, -0.2) is 54.9 Å². The van der Waals surface area contributed by atoms with E-state index in [9.17, 15) is 13.2 Å². The summed E-state index contributed by atoms with van der Waals surface area (Å²) in [6, 6.07) is 15.4. The van der Waals surface area contributed by atoms with E-state index >= 15 is 0 Å². The number of amides is 1. The van der Waals surface area contributed by atoms with Gasteiger partial charge in [-0.2, -0.15) is 4.31 Å². The number of ether oxygens (including phenoxy) is 1. The first-order valence-electron chi connectivity index (χ1n) is 10.7. The number of nitrogens with one attached hydrogen (secondary N) is 1. The lowest BCUT2D eigenvalue weighted by Gasteiger charge is -2.26. The van der Waals surface area contributed by atoms with Crippen molar-refractivity contribution in [1.29, 1.82) is 0 Å². The first kappa shape index (κ1) is 22.6. The van der Waals surface area contributed by atoms with Gasteiger partial charge in [0.15, 0.2) is 0 Å². The number of hydrogen-bond acceptors (Lipinski definition) is 7. The Labute approximate surface area is 201 Å². The first-order valence-corrected chi connectivity index (χ1v) is 13.0. The molecule has 0 atom stereocenters. The Morgan fingerprint density at radius 3 is 2.56 bits per heavy atom. The molecule has 34 heavy (non-hydrogen) atoms. The largest absolute Gasteiger partial charge is 0.379 e. The molecule has 0 radical (unpaired) electrons. The molecule has 3 heterocycles. The number of anilines is 1. The third-order valence-corrected chi connectivity index (χ3v) is 8.63. The van der Waals surface area contributed by atoms with Crippen LogP contribution in [0, 0.1) is 6.92 Å². The number of nitrogens with zero attached hydrogens (tertiary/aromatic N) is 3. The summed E-state index contributed by atoms with van der Waals surface area (Å²) in [5.74, 6) is -0.318. The smallest absolute Gasteiger partial charge is 0.255 e. The number of thiazole rings is 1. The van der Waals surface area contributed by atoms with Gasteiger partial charge in [-0.3, -0.25) is 4.79 Å². The van der Waals surface area contributed by atoms with Crippen LogP contribution in [0.1, 0.15) is 15.9 Å². The number of sulfonamides is 1. The van der Waals surface area contributed by atoms with Crippen molar-refractivity contribution >= 4 is 43.3 Å². The van der Waals surface area contributed by atoms with Crippen LogP contribution >= 0.6 is 11.3 Å². The fourth-order valence-corrected chi connectivity index (χ4v) is 6.19. The maximum absolute atomic E-state index is 12.9. The fourth-order valence-electron chi connectivity index (χ4n) is 3.80. The number of benzene rings is 2. The summed E-state index contributed by atoms with van der Waals surface area (Å²) in [6.07, 6.45) is 1.74. The number of hydrogen-bond donors (Lipinski definition) is 1. The first-order chi connectivity index (χ1) is 16.4. The summed E-state index contributed by atoms with van der Waals surface area (Å²) < 4.78 is 32.2. The van der Waals surface area contributed by atoms with E-state index in [1.54, 1.807) is 6.20 Å². The maximum atomic E-state index is 12.9. The lowest BCUT2D eigenvalue weighted by molar-refractivity contribution is 0.0730. The van der Waals surface area contributed by atoms with Crippen molar-refractivity contribution < 1.29 is 17.9 Å². The van der Waals surface area contributed by atoms with Gasteiger partial charge < -0.3 is 10.1 Å². The molecule has 1 fully saturated rings. The lowest BCUT2D eigenvalue weighted by Crippen LogP contribution is -2.40. The predicted octanol–water partition coefficient (Wildman–Crippen LogP) is 3.94. The van der Waals surface area contributed by atoms with E-state index in [1.165, 1.54) is 39.9 Å². The zero-order valence-electron chi connectivity index (χ0n) is 18.4. The molecule has 0 unspecified atom stereocenters. The van der Waals surface area contributed by atoms with Gasteiger partial charge in [0.1, 0.15) is 15.4 Å². The minimum atomic E-state index is -3.61. The molecule has 1 aliphatic heterocycles. The molecule has 1 amide bonds. The molecular formula is C24H22N4O4S2. The van der Waals surface area contributed by atoms with E-state index in [0.29, 0.717) is 37.6 Å². The van der Waals surface area contributed by atoms with Gasteiger partial charge in [-0.25, -0.2) is 18.4 Å². The highest BCUT2D eigenvalue weighted by molar-refractivity contribution is 7.89. The van der Waals surface area contributed by atoms with Crippen molar-refractivity contribution in [3.8, 4) is 10.6 Å². The molecule has 0 bridgehead atoms. The van der Waals surface area contributed by atoms with Crippen LogP contribution in [0.15, 0.2) is 65.7 Å². The number of carbonyl (C=O) groups is 1. The Hall–Kier alpha value is -3.18. The average molecular weight is 495 g/mol. The molecule has 1 saturated heterocycles. The summed E-state index contributed by atoms with van der Waals surface area (Å²) in [7, 11) is -3.61. The van der Waals surface area contributed by atoms with Crippen molar-refractivity contribution in [2.45, 2.75) is 11.8 Å². The molecule has 0 aliphatic carbocycles. The van der Waals surface area contributed by atoms with Crippen molar-refractivity contribution in [1.82, 2.24) is 14.3 Å². The standard InChI is InChI=1S/C24H22N4O4S2/c1-16-19(23-27-21-6-3-11-25-24(21)33-23)4-2-5-20(16)26-22(29)17-7-9-18(10-8-17)34(30,31)28-12-14-32-15-13-28/h2-11H,12-15H2,1H3,(H,26,29). The number of pyridine rings is 1. The van der Waals surface area contributed by atoms with E-state index in [-0.39, 0.29) is 10.8 Å². The summed E-state index contributed by atoms with van der Waals surface area (Å²) in [5, 5.41) is 3.77. The third kappa shape index (κ3) is 4.32. The molecule has 2 aromatic carbocycles. The Bertz CT molecular complexity index is 1430. The third-order valence-electron chi connectivity index (χ3n) is 5.70. The molecule has 4 aromatic rings. The van der Waals surface area contributed by atoms with Crippen molar-refractivity contribution in [3.63, 3.8) is 0 Å². The maximum Gasteiger partial charge on any atom is 0.255 e. The van der Waals surface area contributed by atoms with Crippen LogP contribution < -0.4 is 5.32 Å². The van der Waals surface area contributed by atoms with Crippen molar-refractivity contribution in [2.24, 2.45) is 0 Å². The number of fused-ring (bicyclic) bond motifs is 1. The average Bonchev–Trinajstić information content (AvgIpc) is 3.30. The zero-order valence-corrected chi connectivity index (χ0v) is 20.0. The predicted molar refractivity (Wildman–Crippen MR) is 132 cm³/mol. The Morgan fingerprint density at radius 2 is 1.82 bits per heavy atom. The number of morpholine rings is 1. The quantitative estimate of drug-likeness (QED) is 0.451. The van der Waals surface area contributed by atoms with Gasteiger partial charge in [0, 0.05) is 36.1 Å². The van der Waals surface area contributed by atoms with Crippen LogP contribution in [0.2, 0.25) is 0 Å². The Balaban J connectivity index is 1.36. The number of carbonyl (C=O) groups excluding carboxylic acids is 1. The zero-order chi connectivity index (χ0) is 23.7. The SMILES string of the molecule is Cc1c(NC(=O)c2ccc(S(=O)(=O)N3CCOCC3)cc2)cccc1-c1nc2cccnc2s1. The summed E-state index contributed by atoms with van der Waals surface area (Å²) in [5.41, 5.74) is 3.69. The highest BCUT2D eigenvalue weighted by Gasteiger charge is 2.26. The van der Waals surface area contributed by atoms with E-state index in [4.69, 9.17) is 4.74 Å². The fraction of sp³-hybridized carbons (Fsp3) is 0.208. The summed E-state index contributed by atoms with van der Waals surface area (Å²) >= 11 is 1.50. The normalized spacial score (nSPS) is 14.9. The second-order valence-corrected chi connectivity index (χ2v) is 10.7. The van der Waals surface area contributed by atoms with Crippen LogP contribution in [0.25, 0.3) is 20.9 Å². The van der Waals surface area contributed by atoms with Gasteiger partial charge in [0.25, 0.3) is 5.91 Å². The highest BCUT2D eigenvalue weighted by Crippen LogP contribution is 2.33. The van der Waals surface area contributed by atoms with Gasteiger partial charge in [0.2, 0.25) is 10.0 Å².